The summed E-state index contributed by atoms with van der Waals surface area (Å²) >= 11 is 0. The van der Waals surface area contributed by atoms with Gasteiger partial charge in [0, 0.05) is 39.1 Å². The number of Topliss-reactive ketones (excluding diaryl/α,β-unsaturated/α-hetero) is 1. The van der Waals surface area contributed by atoms with Gasteiger partial charge in [0.1, 0.15) is 5.78 Å². The molecule has 0 saturated heterocycles. The van der Waals surface area contributed by atoms with E-state index in [0.29, 0.717) is 6.42 Å². The van der Waals surface area contributed by atoms with Crippen molar-refractivity contribution in [2.75, 3.05) is 0 Å². The van der Waals surface area contributed by atoms with Crippen LogP contribution in [-0.2, 0) is 43.9 Å². The SMILES string of the molecule is CC(=O)CCc1cc(C)[c-]c(C)c1.[Y]. The van der Waals surface area contributed by atoms with Crippen molar-refractivity contribution >= 4 is 5.78 Å². The predicted molar refractivity (Wildman–Crippen MR) is 53.8 cm³/mol. The summed E-state index contributed by atoms with van der Waals surface area (Å²) in [6.45, 7) is 5.70. The third-order valence-electron chi connectivity index (χ3n) is 1.96. The van der Waals surface area contributed by atoms with Gasteiger partial charge in [-0.05, 0) is 13.3 Å². The molecule has 0 heterocycles. The molecule has 1 rings (SSSR count). The number of aryl methyl sites for hydroxylation is 3. The zero-order valence-corrected chi connectivity index (χ0v) is 11.9. The first kappa shape index (κ1) is 14.0. The summed E-state index contributed by atoms with van der Waals surface area (Å²) in [5.41, 5.74) is 3.54. The molecule has 0 bridgehead atoms. The molecular weight excluding hydrogens is 249 g/mol. The van der Waals surface area contributed by atoms with Gasteiger partial charge in [-0.25, -0.2) is 0 Å². The minimum absolute atomic E-state index is 0. The van der Waals surface area contributed by atoms with Gasteiger partial charge in [-0.2, -0.15) is 34.9 Å². The van der Waals surface area contributed by atoms with E-state index >= 15 is 0 Å². The van der Waals surface area contributed by atoms with Crippen molar-refractivity contribution < 1.29 is 37.5 Å². The Morgan fingerprint density at radius 1 is 1.29 bits per heavy atom. The van der Waals surface area contributed by atoms with Crippen molar-refractivity contribution in [3.05, 3.63) is 34.9 Å². The van der Waals surface area contributed by atoms with Crippen LogP contribution >= 0.6 is 0 Å². The Labute approximate surface area is 111 Å². The van der Waals surface area contributed by atoms with Crippen LogP contribution in [0.3, 0.4) is 0 Å². The molecule has 14 heavy (non-hydrogen) atoms. The third-order valence-corrected chi connectivity index (χ3v) is 1.96. The maximum Gasteiger partial charge on any atom is 0.130 e. The minimum atomic E-state index is 0. The first-order valence-electron chi connectivity index (χ1n) is 4.57. The molecule has 0 saturated carbocycles. The van der Waals surface area contributed by atoms with Crippen LogP contribution in [0.1, 0.15) is 30.0 Å². The number of rotatable bonds is 3. The number of carbonyl (C=O) groups excluding carboxylic acids is 1. The zero-order valence-electron chi connectivity index (χ0n) is 9.05. The van der Waals surface area contributed by atoms with Crippen LogP contribution in [0, 0.1) is 19.9 Å². The summed E-state index contributed by atoms with van der Waals surface area (Å²) < 4.78 is 0. The van der Waals surface area contributed by atoms with Gasteiger partial charge < -0.3 is 4.79 Å². The largest absolute Gasteiger partial charge is 0.300 e. The van der Waals surface area contributed by atoms with Crippen molar-refractivity contribution in [3.63, 3.8) is 0 Å². The zero-order chi connectivity index (χ0) is 9.84. The van der Waals surface area contributed by atoms with Gasteiger partial charge in [0.05, 0.1) is 0 Å². The fourth-order valence-corrected chi connectivity index (χ4v) is 1.45. The number of hydrogen-bond acceptors (Lipinski definition) is 1. The topological polar surface area (TPSA) is 17.1 Å². The quantitative estimate of drug-likeness (QED) is 0.767. The number of hydrogen-bond donors (Lipinski definition) is 0. The molecule has 0 N–H and O–H groups in total. The van der Waals surface area contributed by atoms with Crippen molar-refractivity contribution in [1.82, 2.24) is 0 Å². The van der Waals surface area contributed by atoms with Crippen LogP contribution in [-0.4, -0.2) is 5.78 Å². The van der Waals surface area contributed by atoms with Gasteiger partial charge in [-0.3, -0.25) is 0 Å². The average Bonchev–Trinajstić information content (AvgIpc) is 1.99. The molecule has 0 aromatic heterocycles. The van der Waals surface area contributed by atoms with E-state index in [9.17, 15) is 4.79 Å². The molecule has 0 amide bonds. The molecule has 1 radical (unpaired) electrons. The van der Waals surface area contributed by atoms with Gasteiger partial charge in [0.25, 0.3) is 0 Å². The first-order valence-corrected chi connectivity index (χ1v) is 4.57. The average molecular weight is 264 g/mol. The van der Waals surface area contributed by atoms with Crippen LogP contribution < -0.4 is 0 Å². The smallest absolute Gasteiger partial charge is 0.130 e. The maximum absolute atomic E-state index is 10.8. The Bertz CT molecular complexity index is 298. The fraction of sp³-hybridized carbons (Fsp3) is 0.417. The molecule has 0 atom stereocenters. The van der Waals surface area contributed by atoms with E-state index in [1.807, 2.05) is 13.8 Å². The van der Waals surface area contributed by atoms with Crippen LogP contribution in [0.25, 0.3) is 0 Å². The second kappa shape index (κ2) is 6.47. The van der Waals surface area contributed by atoms with E-state index in [0.717, 1.165) is 17.5 Å². The number of benzene rings is 1. The van der Waals surface area contributed by atoms with Crippen molar-refractivity contribution in [2.45, 2.75) is 33.6 Å². The van der Waals surface area contributed by atoms with Gasteiger partial charge >= 0.3 is 0 Å². The summed E-state index contributed by atoms with van der Waals surface area (Å²) in [6.07, 6.45) is 1.49. The molecular formula is C12H15OY-. The normalized spacial score (nSPS) is 9.36. The molecule has 0 unspecified atom stereocenters. The van der Waals surface area contributed by atoms with Gasteiger partial charge in [0.2, 0.25) is 0 Å². The van der Waals surface area contributed by atoms with E-state index < -0.39 is 0 Å². The first-order chi connectivity index (χ1) is 6.08. The summed E-state index contributed by atoms with van der Waals surface area (Å²) in [7, 11) is 0. The molecule has 1 nitrogen and oxygen atoms in total. The summed E-state index contributed by atoms with van der Waals surface area (Å²) in [5, 5.41) is 0. The van der Waals surface area contributed by atoms with Crippen molar-refractivity contribution in [3.8, 4) is 0 Å². The summed E-state index contributed by atoms with van der Waals surface area (Å²) in [6, 6.07) is 7.40. The molecule has 0 aliphatic heterocycles. The third kappa shape index (κ3) is 5.02. The minimum Gasteiger partial charge on any atom is -0.300 e. The summed E-state index contributed by atoms with van der Waals surface area (Å²) in [4.78, 5) is 10.8. The molecule has 0 aliphatic carbocycles. The Kier molecular flexibility index (Phi) is 6.47. The van der Waals surface area contributed by atoms with Crippen molar-refractivity contribution in [2.24, 2.45) is 0 Å². The fourth-order valence-electron chi connectivity index (χ4n) is 1.45. The Morgan fingerprint density at radius 2 is 1.79 bits per heavy atom. The van der Waals surface area contributed by atoms with Crippen LogP contribution in [0.5, 0.6) is 0 Å². The molecule has 1 aromatic carbocycles. The molecule has 1 aromatic rings. The van der Waals surface area contributed by atoms with Gasteiger partial charge in [-0.1, -0.05) is 13.8 Å². The second-order valence-electron chi connectivity index (χ2n) is 3.56. The van der Waals surface area contributed by atoms with E-state index in [1.54, 1.807) is 6.92 Å². The molecule has 0 aliphatic rings. The Hall–Kier alpha value is -0.00610. The van der Waals surface area contributed by atoms with Gasteiger partial charge in [-0.15, -0.1) is 0 Å². The molecule has 0 fully saturated rings. The van der Waals surface area contributed by atoms with Crippen molar-refractivity contribution in [1.29, 1.82) is 0 Å². The van der Waals surface area contributed by atoms with Crippen LogP contribution in [0.4, 0.5) is 0 Å². The standard InChI is InChI=1S/C12H15O.Y/c1-9-6-10(2)8-12(7-9)5-4-11(3)13;/h7-8H,4-5H2,1-3H3;/q-1;. The monoisotopic (exact) mass is 264 g/mol. The molecule has 2 heteroatoms. The molecule has 0 spiro atoms. The predicted octanol–water partition coefficient (Wildman–Crippen LogP) is 2.62. The second-order valence-corrected chi connectivity index (χ2v) is 3.56. The Morgan fingerprint density at radius 3 is 2.21 bits per heavy atom. The van der Waals surface area contributed by atoms with Crippen LogP contribution in [0.2, 0.25) is 0 Å². The molecule has 73 valence electrons. The van der Waals surface area contributed by atoms with E-state index in [-0.39, 0.29) is 38.5 Å². The van der Waals surface area contributed by atoms with E-state index in [2.05, 4.69) is 18.2 Å². The van der Waals surface area contributed by atoms with E-state index in [1.165, 1.54) is 5.56 Å². The number of ketones is 1. The van der Waals surface area contributed by atoms with E-state index in [4.69, 9.17) is 0 Å². The Balaban J connectivity index is 0.00000169. The van der Waals surface area contributed by atoms with Gasteiger partial charge in [0.15, 0.2) is 0 Å². The maximum atomic E-state index is 10.8. The van der Waals surface area contributed by atoms with Crippen LogP contribution in [0.15, 0.2) is 12.1 Å². The summed E-state index contributed by atoms with van der Waals surface area (Å²) in [5.74, 6) is 0.253. The number of carbonyl (C=O) groups is 1.